The molecule has 0 bridgehead atoms. The van der Waals surface area contributed by atoms with Crippen LogP contribution in [0.3, 0.4) is 0 Å². The van der Waals surface area contributed by atoms with Gasteiger partial charge in [0.15, 0.2) is 0 Å². The fourth-order valence-corrected chi connectivity index (χ4v) is 2.07. The molecule has 0 spiro atoms. The van der Waals surface area contributed by atoms with Crippen LogP contribution in [-0.4, -0.2) is 12.5 Å². The maximum Gasteiger partial charge on any atom is 0.325 e. The van der Waals surface area contributed by atoms with E-state index in [4.69, 9.17) is 4.74 Å². The highest BCUT2D eigenvalue weighted by atomic mass is 79.9. The van der Waals surface area contributed by atoms with E-state index in [1.807, 2.05) is 55.5 Å². The molecule has 4 heteroatoms. The molecule has 0 aromatic heterocycles. The molecule has 1 N–H and O–H groups in total. The Bertz CT molecular complexity index is 581. The quantitative estimate of drug-likeness (QED) is 0.843. The zero-order valence-corrected chi connectivity index (χ0v) is 12.8. The van der Waals surface area contributed by atoms with E-state index < -0.39 is 0 Å². The van der Waals surface area contributed by atoms with E-state index >= 15 is 0 Å². The molecule has 0 aliphatic rings. The molecular weight excluding hydrogens is 318 g/mol. The van der Waals surface area contributed by atoms with Crippen LogP contribution in [0.25, 0.3) is 0 Å². The van der Waals surface area contributed by atoms with Gasteiger partial charge in [-0.1, -0.05) is 51.8 Å². The first-order chi connectivity index (χ1) is 9.65. The summed E-state index contributed by atoms with van der Waals surface area (Å²) >= 11 is 3.42. The van der Waals surface area contributed by atoms with Crippen LogP contribution in [-0.2, 0) is 16.1 Å². The summed E-state index contributed by atoms with van der Waals surface area (Å²) in [5, 5.41) is 3.04. The lowest BCUT2D eigenvalue weighted by molar-refractivity contribution is -0.142. The monoisotopic (exact) mass is 333 g/mol. The zero-order valence-electron chi connectivity index (χ0n) is 11.2. The Morgan fingerprint density at radius 1 is 1.15 bits per heavy atom. The van der Waals surface area contributed by atoms with Crippen LogP contribution in [0.1, 0.15) is 11.1 Å². The van der Waals surface area contributed by atoms with Crippen molar-refractivity contribution in [2.45, 2.75) is 13.5 Å². The molecule has 20 heavy (non-hydrogen) atoms. The first kappa shape index (κ1) is 14.6. The Morgan fingerprint density at radius 2 is 1.85 bits per heavy atom. The molecule has 0 atom stereocenters. The molecule has 0 aliphatic heterocycles. The summed E-state index contributed by atoms with van der Waals surface area (Å²) in [5.41, 5.74) is 3.05. The Labute approximate surface area is 127 Å². The van der Waals surface area contributed by atoms with Gasteiger partial charge in [0.1, 0.15) is 13.2 Å². The van der Waals surface area contributed by atoms with Gasteiger partial charge in [0.2, 0.25) is 0 Å². The molecule has 0 heterocycles. The van der Waals surface area contributed by atoms with Crippen LogP contribution < -0.4 is 5.32 Å². The van der Waals surface area contributed by atoms with Gasteiger partial charge in [-0.05, 0) is 25.1 Å². The number of rotatable bonds is 5. The molecule has 104 valence electrons. The number of hydrogen-bond donors (Lipinski definition) is 1. The fourth-order valence-electron chi connectivity index (χ4n) is 1.67. The second-order valence-electron chi connectivity index (χ2n) is 4.47. The molecule has 0 aliphatic carbocycles. The Morgan fingerprint density at radius 3 is 2.55 bits per heavy atom. The Kier molecular flexibility index (Phi) is 5.18. The topological polar surface area (TPSA) is 38.3 Å². The van der Waals surface area contributed by atoms with Gasteiger partial charge in [-0.3, -0.25) is 4.79 Å². The third-order valence-electron chi connectivity index (χ3n) is 2.83. The fraction of sp³-hybridized carbons (Fsp3) is 0.188. The number of benzene rings is 2. The first-order valence-corrected chi connectivity index (χ1v) is 7.14. The zero-order chi connectivity index (χ0) is 14.4. The van der Waals surface area contributed by atoms with E-state index in [0.29, 0.717) is 0 Å². The summed E-state index contributed by atoms with van der Waals surface area (Å²) in [6.45, 7) is 2.46. The van der Waals surface area contributed by atoms with Crippen LogP contribution in [0.15, 0.2) is 53.0 Å². The number of anilines is 1. The molecule has 0 radical (unpaired) electrons. The SMILES string of the molecule is Cc1ccc(NCC(=O)OCc2ccccc2Br)cc1. The van der Waals surface area contributed by atoms with Crippen LogP contribution in [0.5, 0.6) is 0 Å². The van der Waals surface area contributed by atoms with Crippen molar-refractivity contribution in [1.29, 1.82) is 0 Å². The van der Waals surface area contributed by atoms with Gasteiger partial charge in [-0.2, -0.15) is 0 Å². The summed E-state index contributed by atoms with van der Waals surface area (Å²) in [6, 6.07) is 15.6. The third kappa shape index (κ3) is 4.38. The molecule has 2 aromatic rings. The first-order valence-electron chi connectivity index (χ1n) is 6.35. The molecule has 2 aromatic carbocycles. The van der Waals surface area contributed by atoms with Gasteiger partial charge in [0, 0.05) is 15.7 Å². The van der Waals surface area contributed by atoms with Crippen LogP contribution in [0.2, 0.25) is 0 Å². The van der Waals surface area contributed by atoms with Crippen molar-refractivity contribution in [1.82, 2.24) is 0 Å². The van der Waals surface area contributed by atoms with Crippen molar-refractivity contribution in [3.8, 4) is 0 Å². The summed E-state index contributed by atoms with van der Waals surface area (Å²) in [5.74, 6) is -0.277. The van der Waals surface area contributed by atoms with Crippen molar-refractivity contribution >= 4 is 27.6 Å². The maximum absolute atomic E-state index is 11.7. The summed E-state index contributed by atoms with van der Waals surface area (Å²) in [4.78, 5) is 11.7. The van der Waals surface area contributed by atoms with Crippen LogP contribution in [0.4, 0.5) is 5.69 Å². The molecule has 0 amide bonds. The summed E-state index contributed by atoms with van der Waals surface area (Å²) in [6.07, 6.45) is 0. The maximum atomic E-state index is 11.7. The van der Waals surface area contributed by atoms with Crippen molar-refractivity contribution < 1.29 is 9.53 Å². The van der Waals surface area contributed by atoms with Crippen molar-refractivity contribution in [2.75, 3.05) is 11.9 Å². The summed E-state index contributed by atoms with van der Waals surface area (Å²) < 4.78 is 6.17. The van der Waals surface area contributed by atoms with Crippen molar-refractivity contribution in [2.24, 2.45) is 0 Å². The lowest BCUT2D eigenvalue weighted by atomic mass is 10.2. The number of carbonyl (C=O) groups is 1. The number of nitrogens with one attached hydrogen (secondary N) is 1. The number of carbonyl (C=O) groups excluding carboxylic acids is 1. The molecule has 0 fully saturated rings. The lowest BCUT2D eigenvalue weighted by Crippen LogP contribution is -2.16. The number of halogens is 1. The number of hydrogen-bond acceptors (Lipinski definition) is 3. The average molecular weight is 334 g/mol. The number of ether oxygens (including phenoxy) is 1. The molecule has 2 rings (SSSR count). The minimum atomic E-state index is -0.277. The van der Waals surface area contributed by atoms with E-state index in [2.05, 4.69) is 21.2 Å². The highest BCUT2D eigenvalue weighted by molar-refractivity contribution is 9.10. The largest absolute Gasteiger partial charge is 0.459 e. The molecule has 3 nitrogen and oxygen atoms in total. The van der Waals surface area contributed by atoms with E-state index in [1.54, 1.807) is 0 Å². The predicted molar refractivity (Wildman–Crippen MR) is 83.6 cm³/mol. The number of esters is 1. The van der Waals surface area contributed by atoms with E-state index in [-0.39, 0.29) is 19.1 Å². The highest BCUT2D eigenvalue weighted by Gasteiger charge is 2.05. The molecule has 0 unspecified atom stereocenters. The lowest BCUT2D eigenvalue weighted by Gasteiger charge is -2.08. The highest BCUT2D eigenvalue weighted by Crippen LogP contribution is 2.16. The van der Waals surface area contributed by atoms with Gasteiger partial charge >= 0.3 is 5.97 Å². The van der Waals surface area contributed by atoms with E-state index in [0.717, 1.165) is 15.7 Å². The normalized spacial score (nSPS) is 10.1. The minimum Gasteiger partial charge on any atom is -0.459 e. The van der Waals surface area contributed by atoms with Crippen LogP contribution >= 0.6 is 15.9 Å². The minimum absolute atomic E-state index is 0.160. The van der Waals surface area contributed by atoms with Gasteiger partial charge in [-0.25, -0.2) is 0 Å². The number of aryl methyl sites for hydroxylation is 1. The smallest absolute Gasteiger partial charge is 0.325 e. The van der Waals surface area contributed by atoms with Crippen LogP contribution in [0, 0.1) is 6.92 Å². The molecule has 0 saturated carbocycles. The second kappa shape index (κ2) is 7.10. The van der Waals surface area contributed by atoms with Crippen molar-refractivity contribution in [3.63, 3.8) is 0 Å². The van der Waals surface area contributed by atoms with E-state index in [1.165, 1.54) is 5.56 Å². The molecule has 0 saturated heterocycles. The summed E-state index contributed by atoms with van der Waals surface area (Å²) in [7, 11) is 0. The predicted octanol–water partition coefficient (Wildman–Crippen LogP) is 3.91. The van der Waals surface area contributed by atoms with Gasteiger partial charge in [-0.15, -0.1) is 0 Å². The second-order valence-corrected chi connectivity index (χ2v) is 5.33. The van der Waals surface area contributed by atoms with Gasteiger partial charge in [0.05, 0.1) is 0 Å². The Balaban J connectivity index is 1.78. The standard InChI is InChI=1S/C16H16BrNO2/c1-12-6-8-14(9-7-12)18-10-16(19)20-11-13-4-2-3-5-15(13)17/h2-9,18H,10-11H2,1H3. The third-order valence-corrected chi connectivity index (χ3v) is 3.61. The van der Waals surface area contributed by atoms with Crippen molar-refractivity contribution in [3.05, 3.63) is 64.1 Å². The van der Waals surface area contributed by atoms with Gasteiger partial charge < -0.3 is 10.1 Å². The Hall–Kier alpha value is -1.81. The van der Waals surface area contributed by atoms with Gasteiger partial charge in [0.25, 0.3) is 0 Å². The van der Waals surface area contributed by atoms with E-state index in [9.17, 15) is 4.79 Å². The average Bonchev–Trinajstić information content (AvgIpc) is 2.46. The molecular formula is C16H16BrNO2.